The number of nitrogens with one attached hydrogen (secondary N) is 4. The molecule has 2 aromatic rings. The predicted octanol–water partition coefficient (Wildman–Crippen LogP) is 4.14. The van der Waals surface area contributed by atoms with Gasteiger partial charge in [-0.2, -0.15) is 13.2 Å². The zero-order chi connectivity index (χ0) is 41.8. The third-order valence-electron chi connectivity index (χ3n) is 10.2. The molecule has 57 heavy (non-hydrogen) atoms. The number of benzene rings is 2. The molecule has 2 aliphatic rings. The fourth-order valence-electron chi connectivity index (χ4n) is 7.23. The number of hydrogen-bond acceptors (Lipinski definition) is 7. The maximum absolute atomic E-state index is 14.3. The number of aliphatic imine (C=N–C) groups is 1. The van der Waals surface area contributed by atoms with Crippen molar-refractivity contribution in [3.8, 4) is 5.75 Å². The molecule has 2 unspecified atom stereocenters. The number of halogens is 3. The van der Waals surface area contributed by atoms with Gasteiger partial charge in [0, 0.05) is 18.0 Å². The van der Waals surface area contributed by atoms with Crippen LogP contribution in [0.5, 0.6) is 5.75 Å². The van der Waals surface area contributed by atoms with Crippen molar-refractivity contribution in [1.82, 2.24) is 16.0 Å². The highest BCUT2D eigenvalue weighted by Gasteiger charge is 2.39. The van der Waals surface area contributed by atoms with Gasteiger partial charge in [0.15, 0.2) is 5.96 Å². The third kappa shape index (κ3) is 16.7. The highest BCUT2D eigenvalue weighted by Crippen LogP contribution is 2.33. The molecule has 3 atom stereocenters. The lowest BCUT2D eigenvalue weighted by Gasteiger charge is -2.34. The zero-order valence-corrected chi connectivity index (χ0v) is 32.2. The van der Waals surface area contributed by atoms with Crippen LogP contribution in [0.3, 0.4) is 0 Å². The lowest BCUT2D eigenvalue weighted by molar-refractivity contribution is -0.192. The van der Waals surface area contributed by atoms with Gasteiger partial charge in [-0.1, -0.05) is 81.0 Å². The molecule has 0 saturated heterocycles. The molecule has 2 fully saturated rings. The van der Waals surface area contributed by atoms with E-state index in [2.05, 4.69) is 20.9 Å². The van der Waals surface area contributed by atoms with Crippen LogP contribution in [-0.4, -0.2) is 78.5 Å². The van der Waals surface area contributed by atoms with Crippen LogP contribution in [0, 0.1) is 23.2 Å². The van der Waals surface area contributed by atoms with Gasteiger partial charge in [-0.15, -0.1) is 0 Å². The Labute approximate surface area is 331 Å². The minimum absolute atomic E-state index is 0.00296. The third-order valence-corrected chi connectivity index (χ3v) is 10.2. The predicted molar refractivity (Wildman–Crippen MR) is 210 cm³/mol. The fraction of sp³-hybridized carbons (Fsp3) is 0.550. The number of carboxylic acids is 1. The van der Waals surface area contributed by atoms with Crippen molar-refractivity contribution in [2.24, 2.45) is 39.9 Å². The first-order valence-electron chi connectivity index (χ1n) is 19.5. The summed E-state index contributed by atoms with van der Waals surface area (Å²) >= 11 is 0. The second-order valence-electron chi connectivity index (χ2n) is 14.5. The molecule has 0 bridgehead atoms. The van der Waals surface area contributed by atoms with Crippen LogP contribution in [0.1, 0.15) is 88.2 Å². The molecule has 11 N–H and O–H groups in total. The number of ether oxygens (including phenoxy) is 1. The SMILES string of the molecule is N=C(N)c1ccc(CC(C(=O)NC(C(=O)N[C@@H](CCCN=C(N)N)C(=O)NCCOc2ccccc2)C2CCCCC2)C2CCCCC2)cc1.O=C(O)C(F)(F)F. The summed E-state index contributed by atoms with van der Waals surface area (Å²) in [6, 6.07) is 15.2. The van der Waals surface area contributed by atoms with Crippen molar-refractivity contribution in [2.45, 2.75) is 102 Å². The number of nitrogens with zero attached hydrogens (tertiary/aromatic N) is 1. The monoisotopic (exact) mass is 802 g/mol. The summed E-state index contributed by atoms with van der Waals surface area (Å²) in [4.78, 5) is 54.8. The molecule has 3 amide bonds. The second kappa shape index (κ2) is 23.7. The van der Waals surface area contributed by atoms with Crippen molar-refractivity contribution in [3.05, 3.63) is 65.7 Å². The quantitative estimate of drug-likeness (QED) is 0.0612. The number of carboxylic acid groups (broad SMARTS) is 1. The number of carbonyl (C=O) groups excluding carboxylic acids is 3. The number of amidine groups is 1. The minimum Gasteiger partial charge on any atom is -0.492 e. The molecule has 0 radical (unpaired) electrons. The number of para-hydroxylation sites is 1. The summed E-state index contributed by atoms with van der Waals surface area (Å²) < 4.78 is 37.5. The Bertz CT molecular complexity index is 1610. The Morgan fingerprint density at radius 1 is 0.825 bits per heavy atom. The number of nitrogens with two attached hydrogens (primary N) is 3. The van der Waals surface area contributed by atoms with E-state index in [1.165, 1.54) is 0 Å². The van der Waals surface area contributed by atoms with Crippen LogP contribution in [0.4, 0.5) is 13.2 Å². The van der Waals surface area contributed by atoms with E-state index >= 15 is 0 Å². The molecule has 0 aliphatic heterocycles. The van der Waals surface area contributed by atoms with E-state index in [-0.39, 0.29) is 60.4 Å². The van der Waals surface area contributed by atoms with Crippen molar-refractivity contribution in [1.29, 1.82) is 5.41 Å². The van der Waals surface area contributed by atoms with Crippen molar-refractivity contribution < 1.29 is 42.2 Å². The summed E-state index contributed by atoms with van der Waals surface area (Å²) in [6.07, 6.45) is 6.25. The molecule has 2 saturated carbocycles. The largest absolute Gasteiger partial charge is 0.492 e. The minimum atomic E-state index is -5.08. The standard InChI is InChI=1S/C38H56N8O4.C2HF3O2/c39-34(40)29-20-18-26(19-21-29)25-31(27-11-4-1-5-12-27)35(47)46-33(28-13-6-2-7-14-28)37(49)45-32(17-10-22-44-38(41)42)36(48)43-23-24-50-30-15-8-3-9-16-30;3-2(4,5)1(6)7/h3,8-9,15-16,18-21,27-28,31-33H,1-2,4-7,10-14,17,22-25H2,(H3,39,40)(H,43,48)(H,45,49)(H,46,47)(H4,41,42,44);(H,6,7)/t31?,32-,33?;/m0./s1. The highest BCUT2D eigenvalue weighted by atomic mass is 19.4. The first kappa shape index (κ1) is 46.0. The van der Waals surface area contributed by atoms with E-state index in [1.54, 1.807) is 0 Å². The molecule has 17 heteroatoms. The van der Waals surface area contributed by atoms with E-state index in [0.29, 0.717) is 37.1 Å². The smallest absolute Gasteiger partial charge is 0.490 e. The molecule has 2 aromatic carbocycles. The molecule has 0 aromatic heterocycles. The van der Waals surface area contributed by atoms with E-state index in [0.717, 1.165) is 69.8 Å². The van der Waals surface area contributed by atoms with Crippen LogP contribution >= 0.6 is 0 Å². The highest BCUT2D eigenvalue weighted by molar-refractivity contribution is 5.95. The van der Waals surface area contributed by atoms with Crippen LogP contribution in [0.25, 0.3) is 0 Å². The molecule has 0 spiro atoms. The molecule has 4 rings (SSSR count). The summed E-state index contributed by atoms with van der Waals surface area (Å²) in [6.45, 7) is 0.844. The normalized spacial score (nSPS) is 16.3. The molecule has 0 heterocycles. The van der Waals surface area contributed by atoms with E-state index < -0.39 is 24.2 Å². The Balaban J connectivity index is 0.00000113. The van der Waals surface area contributed by atoms with Crippen LogP contribution in [0.15, 0.2) is 59.6 Å². The van der Waals surface area contributed by atoms with Crippen LogP contribution in [-0.2, 0) is 25.6 Å². The number of nitrogen functional groups attached to an aromatic ring is 1. The van der Waals surface area contributed by atoms with Gasteiger partial charge in [-0.05, 0) is 74.5 Å². The number of hydrogen-bond donors (Lipinski definition) is 8. The number of amides is 3. The topological polar surface area (TPSA) is 248 Å². The number of rotatable bonds is 18. The first-order valence-corrected chi connectivity index (χ1v) is 19.5. The van der Waals surface area contributed by atoms with Gasteiger partial charge in [0.2, 0.25) is 17.7 Å². The Morgan fingerprint density at radius 3 is 1.95 bits per heavy atom. The Hall–Kier alpha value is -5.35. The van der Waals surface area contributed by atoms with Crippen molar-refractivity contribution in [3.63, 3.8) is 0 Å². The van der Waals surface area contributed by atoms with Gasteiger partial charge in [-0.3, -0.25) is 24.8 Å². The van der Waals surface area contributed by atoms with E-state index in [9.17, 15) is 27.6 Å². The summed E-state index contributed by atoms with van der Waals surface area (Å²) in [5.41, 5.74) is 18.3. The van der Waals surface area contributed by atoms with E-state index in [4.69, 9.17) is 37.2 Å². The zero-order valence-electron chi connectivity index (χ0n) is 32.2. The van der Waals surface area contributed by atoms with Gasteiger partial charge in [0.05, 0.1) is 6.54 Å². The molecular formula is C40H57F3N8O6. The lowest BCUT2D eigenvalue weighted by atomic mass is 9.76. The Kier molecular flexibility index (Phi) is 19.1. The first-order chi connectivity index (χ1) is 27.1. The molecule has 314 valence electrons. The average molecular weight is 803 g/mol. The summed E-state index contributed by atoms with van der Waals surface area (Å²) in [7, 11) is 0. The maximum Gasteiger partial charge on any atom is 0.490 e. The van der Waals surface area contributed by atoms with Gasteiger partial charge in [0.25, 0.3) is 0 Å². The summed E-state index contributed by atoms with van der Waals surface area (Å²) in [5, 5.41) is 24.0. The lowest BCUT2D eigenvalue weighted by Crippen LogP contribution is -2.57. The van der Waals surface area contributed by atoms with Crippen LogP contribution < -0.4 is 37.9 Å². The fourth-order valence-corrected chi connectivity index (χ4v) is 7.23. The van der Waals surface area contributed by atoms with Crippen LogP contribution in [0.2, 0.25) is 0 Å². The molecule has 2 aliphatic carbocycles. The van der Waals surface area contributed by atoms with Crippen molar-refractivity contribution in [2.75, 3.05) is 19.7 Å². The van der Waals surface area contributed by atoms with Gasteiger partial charge in [0.1, 0.15) is 30.3 Å². The second-order valence-corrected chi connectivity index (χ2v) is 14.5. The number of carbonyl (C=O) groups is 4. The molecule has 14 nitrogen and oxygen atoms in total. The van der Waals surface area contributed by atoms with Gasteiger partial charge < -0.3 is 43.0 Å². The maximum atomic E-state index is 14.3. The number of guanidine groups is 1. The number of aliphatic carboxylic acids is 1. The van der Waals surface area contributed by atoms with E-state index in [1.807, 2.05) is 54.6 Å². The Morgan fingerprint density at radius 2 is 1.40 bits per heavy atom. The summed E-state index contributed by atoms with van der Waals surface area (Å²) in [5.74, 6) is -3.01. The number of alkyl halides is 3. The van der Waals surface area contributed by atoms with Gasteiger partial charge >= 0.3 is 12.1 Å². The molecular weight excluding hydrogens is 745 g/mol. The average Bonchev–Trinajstić information content (AvgIpc) is 3.19. The van der Waals surface area contributed by atoms with Gasteiger partial charge in [-0.25, -0.2) is 4.79 Å². The van der Waals surface area contributed by atoms with Crippen molar-refractivity contribution >= 4 is 35.5 Å².